The Morgan fingerprint density at radius 2 is 2.22 bits per heavy atom. The van der Waals surface area contributed by atoms with Gasteiger partial charge < -0.3 is 4.74 Å². The molecule has 0 aliphatic carbocycles. The van der Waals surface area contributed by atoms with Gasteiger partial charge in [-0.2, -0.15) is 5.10 Å². The van der Waals surface area contributed by atoms with Crippen LogP contribution in [0.5, 0.6) is 0 Å². The average Bonchev–Trinajstić information content (AvgIpc) is 2.81. The summed E-state index contributed by atoms with van der Waals surface area (Å²) in [5, 5.41) is 4.39. The number of aryl methyl sites for hydroxylation is 1. The maximum absolute atomic E-state index is 12.1. The molecule has 0 aromatic carbocycles. The lowest BCUT2D eigenvalue weighted by atomic mass is 10.1. The van der Waals surface area contributed by atoms with Crippen LogP contribution in [0, 0.1) is 0 Å². The SMILES string of the molecule is Cn1ccc([C@@H]2CCCN2C(=O)OC(C)(C)C)n1. The summed E-state index contributed by atoms with van der Waals surface area (Å²) in [4.78, 5) is 13.9. The van der Waals surface area contributed by atoms with E-state index in [1.165, 1.54) is 0 Å². The zero-order valence-electron chi connectivity index (χ0n) is 11.5. The summed E-state index contributed by atoms with van der Waals surface area (Å²) in [5.74, 6) is 0. The van der Waals surface area contributed by atoms with Crippen LogP contribution in [0.4, 0.5) is 4.79 Å². The molecule has 0 bridgehead atoms. The van der Waals surface area contributed by atoms with Crippen LogP contribution in [-0.4, -0.2) is 32.9 Å². The lowest BCUT2D eigenvalue weighted by molar-refractivity contribution is 0.0221. The minimum Gasteiger partial charge on any atom is -0.444 e. The summed E-state index contributed by atoms with van der Waals surface area (Å²) >= 11 is 0. The van der Waals surface area contributed by atoms with Gasteiger partial charge in [0.15, 0.2) is 0 Å². The van der Waals surface area contributed by atoms with Crippen LogP contribution in [0.2, 0.25) is 0 Å². The lowest BCUT2D eigenvalue weighted by Crippen LogP contribution is -2.36. The number of aromatic nitrogens is 2. The zero-order valence-corrected chi connectivity index (χ0v) is 11.5. The third-order valence-corrected chi connectivity index (χ3v) is 2.96. The van der Waals surface area contributed by atoms with Crippen LogP contribution in [0.15, 0.2) is 12.3 Å². The number of rotatable bonds is 1. The molecule has 1 aliphatic heterocycles. The van der Waals surface area contributed by atoms with Gasteiger partial charge in [0.2, 0.25) is 0 Å². The highest BCUT2D eigenvalue weighted by atomic mass is 16.6. The molecule has 5 heteroatoms. The quantitative estimate of drug-likeness (QED) is 0.770. The summed E-state index contributed by atoms with van der Waals surface area (Å²) in [6.07, 6.45) is 3.62. The molecular weight excluding hydrogens is 230 g/mol. The molecule has 0 spiro atoms. The van der Waals surface area contributed by atoms with Crippen molar-refractivity contribution in [1.82, 2.24) is 14.7 Å². The van der Waals surface area contributed by atoms with Crippen LogP contribution in [0.1, 0.15) is 45.3 Å². The Labute approximate surface area is 108 Å². The molecule has 1 saturated heterocycles. The molecule has 1 fully saturated rings. The van der Waals surface area contributed by atoms with Crippen LogP contribution < -0.4 is 0 Å². The second-order valence-corrected chi connectivity index (χ2v) is 5.75. The van der Waals surface area contributed by atoms with E-state index >= 15 is 0 Å². The third-order valence-electron chi connectivity index (χ3n) is 2.96. The fraction of sp³-hybridized carbons (Fsp3) is 0.692. The molecule has 1 amide bonds. The molecule has 1 aromatic rings. The van der Waals surface area contributed by atoms with E-state index in [1.807, 2.05) is 40.1 Å². The minimum absolute atomic E-state index is 0.0565. The van der Waals surface area contributed by atoms with E-state index in [0.29, 0.717) is 0 Å². The summed E-state index contributed by atoms with van der Waals surface area (Å²) in [7, 11) is 1.89. The highest BCUT2D eigenvalue weighted by Crippen LogP contribution is 2.31. The number of carbonyl (C=O) groups is 1. The normalized spacial score (nSPS) is 20.2. The number of hydrogen-bond acceptors (Lipinski definition) is 3. The molecule has 0 saturated carbocycles. The van der Waals surface area contributed by atoms with Crippen molar-refractivity contribution >= 4 is 6.09 Å². The zero-order chi connectivity index (χ0) is 13.3. The van der Waals surface area contributed by atoms with E-state index in [-0.39, 0.29) is 12.1 Å². The molecule has 18 heavy (non-hydrogen) atoms. The first-order valence-electron chi connectivity index (χ1n) is 6.36. The maximum atomic E-state index is 12.1. The van der Waals surface area contributed by atoms with Gasteiger partial charge in [-0.25, -0.2) is 4.79 Å². The Morgan fingerprint density at radius 3 is 2.78 bits per heavy atom. The predicted molar refractivity (Wildman–Crippen MR) is 68.1 cm³/mol. The van der Waals surface area contributed by atoms with Crippen molar-refractivity contribution in [3.8, 4) is 0 Å². The third kappa shape index (κ3) is 2.83. The fourth-order valence-electron chi connectivity index (χ4n) is 2.22. The maximum Gasteiger partial charge on any atom is 0.410 e. The van der Waals surface area contributed by atoms with Crippen molar-refractivity contribution in [3.63, 3.8) is 0 Å². The smallest absolute Gasteiger partial charge is 0.410 e. The van der Waals surface area contributed by atoms with Crippen molar-refractivity contribution in [3.05, 3.63) is 18.0 Å². The number of carbonyl (C=O) groups excluding carboxylic acids is 1. The van der Waals surface area contributed by atoms with E-state index in [1.54, 1.807) is 9.58 Å². The average molecular weight is 251 g/mol. The molecule has 1 atom stereocenters. The highest BCUT2D eigenvalue weighted by Gasteiger charge is 2.34. The minimum atomic E-state index is -0.450. The molecule has 0 N–H and O–H groups in total. The Morgan fingerprint density at radius 1 is 1.50 bits per heavy atom. The van der Waals surface area contributed by atoms with Gasteiger partial charge in [-0.3, -0.25) is 9.58 Å². The van der Waals surface area contributed by atoms with Crippen molar-refractivity contribution in [1.29, 1.82) is 0 Å². The Kier molecular flexibility index (Phi) is 3.32. The van der Waals surface area contributed by atoms with E-state index in [9.17, 15) is 4.79 Å². The van der Waals surface area contributed by atoms with E-state index < -0.39 is 5.60 Å². The second-order valence-electron chi connectivity index (χ2n) is 5.75. The summed E-state index contributed by atoms with van der Waals surface area (Å²) in [6.45, 7) is 6.40. The first-order valence-corrected chi connectivity index (χ1v) is 6.36. The van der Waals surface area contributed by atoms with Crippen LogP contribution in [0.3, 0.4) is 0 Å². The molecule has 1 aromatic heterocycles. The Bertz CT molecular complexity index is 434. The monoisotopic (exact) mass is 251 g/mol. The van der Waals surface area contributed by atoms with Gasteiger partial charge in [-0.05, 0) is 39.7 Å². The van der Waals surface area contributed by atoms with Gasteiger partial charge in [0.05, 0.1) is 11.7 Å². The number of hydrogen-bond donors (Lipinski definition) is 0. The van der Waals surface area contributed by atoms with E-state index in [4.69, 9.17) is 4.74 Å². The summed E-state index contributed by atoms with van der Waals surface area (Å²) < 4.78 is 7.20. The second kappa shape index (κ2) is 4.63. The molecule has 100 valence electrons. The van der Waals surface area contributed by atoms with Gasteiger partial charge in [-0.1, -0.05) is 0 Å². The Balaban J connectivity index is 2.10. The van der Waals surface area contributed by atoms with Crippen LogP contribution in [0.25, 0.3) is 0 Å². The van der Waals surface area contributed by atoms with Crippen LogP contribution >= 0.6 is 0 Å². The lowest BCUT2D eigenvalue weighted by Gasteiger charge is -2.27. The predicted octanol–water partition coefficient (Wildman–Crippen LogP) is 2.49. The number of ether oxygens (including phenoxy) is 1. The summed E-state index contributed by atoms with van der Waals surface area (Å²) in [5.41, 5.74) is 0.495. The Hall–Kier alpha value is -1.52. The van der Waals surface area contributed by atoms with Crippen LogP contribution in [-0.2, 0) is 11.8 Å². The van der Waals surface area contributed by atoms with Crippen molar-refractivity contribution in [2.75, 3.05) is 6.54 Å². The molecule has 0 unspecified atom stereocenters. The first kappa shape index (κ1) is 12.9. The van der Waals surface area contributed by atoms with Crippen molar-refractivity contribution in [2.45, 2.75) is 45.3 Å². The summed E-state index contributed by atoms with van der Waals surface area (Å²) in [6, 6.07) is 2.02. The topological polar surface area (TPSA) is 47.4 Å². The van der Waals surface area contributed by atoms with E-state index in [2.05, 4.69) is 5.10 Å². The fourth-order valence-corrected chi connectivity index (χ4v) is 2.22. The number of amides is 1. The largest absolute Gasteiger partial charge is 0.444 e. The molecule has 1 aliphatic rings. The van der Waals surface area contributed by atoms with Gasteiger partial charge in [0, 0.05) is 19.8 Å². The van der Waals surface area contributed by atoms with Crippen molar-refractivity contribution < 1.29 is 9.53 Å². The molecule has 0 radical (unpaired) electrons. The first-order chi connectivity index (χ1) is 8.37. The van der Waals surface area contributed by atoms with E-state index in [0.717, 1.165) is 25.1 Å². The molecule has 5 nitrogen and oxygen atoms in total. The standard InChI is InChI=1S/C13H21N3O2/c1-13(2,3)18-12(17)16-8-5-6-11(16)10-7-9-15(4)14-10/h7,9,11H,5-6,8H2,1-4H3/t11-/m0/s1. The van der Waals surface area contributed by atoms with Gasteiger partial charge in [0.1, 0.15) is 5.60 Å². The van der Waals surface area contributed by atoms with Gasteiger partial charge in [-0.15, -0.1) is 0 Å². The molecule has 2 heterocycles. The molecule has 2 rings (SSSR count). The van der Waals surface area contributed by atoms with Gasteiger partial charge >= 0.3 is 6.09 Å². The van der Waals surface area contributed by atoms with Gasteiger partial charge in [0.25, 0.3) is 0 Å². The molecular formula is C13H21N3O2. The van der Waals surface area contributed by atoms with Crippen molar-refractivity contribution in [2.24, 2.45) is 7.05 Å². The highest BCUT2D eigenvalue weighted by molar-refractivity contribution is 5.69. The number of likely N-dealkylation sites (tertiary alicyclic amines) is 1. The number of nitrogens with zero attached hydrogens (tertiary/aromatic N) is 3.